The number of likely N-dealkylation sites (N-methyl/N-ethyl adjacent to an activating group) is 1. The number of nitrogens with one attached hydrogen (secondary N) is 1. The lowest BCUT2D eigenvalue weighted by Gasteiger charge is -2.39. The molecule has 0 radical (unpaired) electrons. The van der Waals surface area contributed by atoms with Gasteiger partial charge < -0.3 is 24.3 Å². The normalized spacial score (nSPS) is 21.0. The minimum atomic E-state index is 0.0907. The Morgan fingerprint density at radius 1 is 1.12 bits per heavy atom. The number of amides is 1. The van der Waals surface area contributed by atoms with Crippen LogP contribution in [0.1, 0.15) is 48.1 Å². The lowest BCUT2D eigenvalue weighted by molar-refractivity contribution is -0.126. The molecule has 3 fully saturated rings. The summed E-state index contributed by atoms with van der Waals surface area (Å²) >= 11 is 0. The number of hydrogen-bond acceptors (Lipinski definition) is 8. The second-order valence-corrected chi connectivity index (χ2v) is 12.5. The summed E-state index contributed by atoms with van der Waals surface area (Å²) < 4.78 is 6.41. The Balaban J connectivity index is 1.20. The van der Waals surface area contributed by atoms with Gasteiger partial charge in [-0.25, -0.2) is 4.98 Å². The van der Waals surface area contributed by atoms with Crippen LogP contribution in [0.15, 0.2) is 30.5 Å². The highest BCUT2D eigenvalue weighted by Gasteiger charge is 2.32. The Morgan fingerprint density at radius 2 is 1.95 bits per heavy atom. The number of carbonyl (C=O) groups is 1. The van der Waals surface area contributed by atoms with Crippen LogP contribution in [0.5, 0.6) is 5.88 Å². The van der Waals surface area contributed by atoms with Crippen LogP contribution in [-0.2, 0) is 17.8 Å². The first-order valence-electron chi connectivity index (χ1n) is 15.7. The zero-order chi connectivity index (χ0) is 29.5. The number of aromatic nitrogens is 3. The zero-order valence-corrected chi connectivity index (χ0v) is 25.2. The predicted molar refractivity (Wildman–Crippen MR) is 166 cm³/mol. The van der Waals surface area contributed by atoms with Gasteiger partial charge in [0.15, 0.2) is 0 Å². The van der Waals surface area contributed by atoms with Gasteiger partial charge in [-0.3, -0.25) is 9.89 Å². The fraction of sp³-hybridized carbons (Fsp3) is 0.515. The van der Waals surface area contributed by atoms with E-state index in [1.807, 2.05) is 11.1 Å². The molecule has 2 saturated heterocycles. The van der Waals surface area contributed by atoms with Crippen molar-refractivity contribution >= 4 is 28.2 Å². The lowest BCUT2D eigenvalue weighted by atomic mass is 9.97. The van der Waals surface area contributed by atoms with Crippen LogP contribution >= 0.6 is 0 Å². The van der Waals surface area contributed by atoms with Gasteiger partial charge in [-0.15, -0.1) is 0 Å². The largest absolute Gasteiger partial charge is 0.475 e. The topological polar surface area (TPSA) is 105 Å². The third kappa shape index (κ3) is 5.42. The highest BCUT2D eigenvalue weighted by atomic mass is 16.5. The number of allylic oxidation sites excluding steroid dienone is 1. The number of aryl methyl sites for hydroxylation is 1. The second-order valence-electron chi connectivity index (χ2n) is 12.5. The van der Waals surface area contributed by atoms with Crippen molar-refractivity contribution in [1.29, 1.82) is 5.26 Å². The Kier molecular flexibility index (Phi) is 7.43. The number of pyridine rings is 1. The van der Waals surface area contributed by atoms with Crippen LogP contribution in [0.3, 0.4) is 0 Å². The maximum absolute atomic E-state index is 12.8. The van der Waals surface area contributed by atoms with E-state index >= 15 is 0 Å². The smallest absolute Gasteiger partial charge is 0.246 e. The molecule has 1 atom stereocenters. The van der Waals surface area contributed by atoms with E-state index in [1.54, 1.807) is 6.08 Å². The van der Waals surface area contributed by atoms with Gasteiger partial charge in [-0.2, -0.15) is 10.4 Å². The summed E-state index contributed by atoms with van der Waals surface area (Å²) in [5, 5.41) is 19.0. The Hall–Kier alpha value is -4.10. The number of aromatic amines is 1. The SMILES string of the molecule is Cc1ccc2[nH]ncc2c1N1CCc2c(nc(OC[C@@H]3CCCN3C)c(C#N)c2N2CCN(C(=O)/C=C/C3CC3)CC2)C1. The molecule has 1 N–H and O–H groups in total. The molecular formula is C33H40N8O2. The third-order valence-electron chi connectivity index (χ3n) is 9.64. The van der Waals surface area contributed by atoms with E-state index in [9.17, 15) is 10.1 Å². The van der Waals surface area contributed by atoms with E-state index in [1.165, 1.54) is 24.1 Å². The third-order valence-corrected chi connectivity index (χ3v) is 9.64. The first-order chi connectivity index (χ1) is 21.0. The number of H-pyrrole nitrogens is 1. The summed E-state index contributed by atoms with van der Waals surface area (Å²) in [6, 6.07) is 7.02. The number of nitrogens with zero attached hydrogens (tertiary/aromatic N) is 7. The molecule has 10 heteroatoms. The number of ether oxygens (including phenoxy) is 1. The van der Waals surface area contributed by atoms with Crippen molar-refractivity contribution in [1.82, 2.24) is 25.0 Å². The van der Waals surface area contributed by atoms with Gasteiger partial charge in [0.1, 0.15) is 18.2 Å². The van der Waals surface area contributed by atoms with Gasteiger partial charge in [-0.1, -0.05) is 12.1 Å². The molecule has 4 aliphatic rings. The summed E-state index contributed by atoms with van der Waals surface area (Å²) in [7, 11) is 2.13. The molecule has 7 rings (SSSR count). The molecule has 43 heavy (non-hydrogen) atoms. The highest BCUT2D eigenvalue weighted by Crippen LogP contribution is 2.40. The molecule has 10 nitrogen and oxygen atoms in total. The van der Waals surface area contributed by atoms with Crippen molar-refractivity contribution in [2.45, 2.75) is 51.6 Å². The zero-order valence-electron chi connectivity index (χ0n) is 25.2. The van der Waals surface area contributed by atoms with Crippen molar-refractivity contribution in [3.05, 3.63) is 52.9 Å². The van der Waals surface area contributed by atoms with E-state index in [4.69, 9.17) is 9.72 Å². The van der Waals surface area contributed by atoms with E-state index in [-0.39, 0.29) is 5.91 Å². The Morgan fingerprint density at radius 3 is 2.70 bits per heavy atom. The molecule has 1 aliphatic carbocycles. The Labute approximate surface area is 252 Å². The number of carbonyl (C=O) groups excluding carboxylic acids is 1. The van der Waals surface area contributed by atoms with Crippen molar-refractivity contribution in [2.24, 2.45) is 5.92 Å². The van der Waals surface area contributed by atoms with Gasteiger partial charge in [0.05, 0.1) is 35.3 Å². The monoisotopic (exact) mass is 580 g/mol. The summed E-state index contributed by atoms with van der Waals surface area (Å²) in [6.07, 6.45) is 11.1. The molecule has 224 valence electrons. The van der Waals surface area contributed by atoms with Gasteiger partial charge >= 0.3 is 0 Å². The van der Waals surface area contributed by atoms with E-state index in [2.05, 4.69) is 63.1 Å². The first-order valence-corrected chi connectivity index (χ1v) is 15.7. The van der Waals surface area contributed by atoms with Crippen LogP contribution < -0.4 is 14.5 Å². The number of hydrogen-bond donors (Lipinski definition) is 1. The number of nitriles is 1. The van der Waals surface area contributed by atoms with Crippen LogP contribution in [-0.4, -0.2) is 89.9 Å². The van der Waals surface area contributed by atoms with Crippen molar-refractivity contribution < 1.29 is 9.53 Å². The number of piperazine rings is 1. The predicted octanol–water partition coefficient (Wildman–Crippen LogP) is 3.79. The number of fused-ring (bicyclic) bond motifs is 2. The quantitative estimate of drug-likeness (QED) is 0.421. The second kappa shape index (κ2) is 11.5. The molecule has 1 amide bonds. The van der Waals surface area contributed by atoms with E-state index in [0.717, 1.165) is 60.2 Å². The van der Waals surface area contributed by atoms with Crippen molar-refractivity contribution in [3.8, 4) is 11.9 Å². The van der Waals surface area contributed by atoms with E-state index < -0.39 is 0 Å². The standard InChI is InChI=1S/C33H40N8O2/c1-22-5-9-28-27(19-35-37-28)31(22)41-13-11-25-29(20-41)36-33(43-21-24-4-3-12-38(24)2)26(18-34)32(25)40-16-14-39(15-17-40)30(42)10-8-23-6-7-23/h5,8-10,19,23-24H,3-4,6-7,11-17,20-21H2,1-2H3,(H,35,37)/b10-8+/t24-/m0/s1. The van der Waals surface area contributed by atoms with Gasteiger partial charge in [0.2, 0.25) is 11.8 Å². The number of anilines is 2. The average molecular weight is 581 g/mol. The Bertz CT molecular complexity index is 1590. The summed E-state index contributed by atoms with van der Waals surface area (Å²) in [6.45, 7) is 7.78. The first kappa shape index (κ1) is 27.7. The average Bonchev–Trinajstić information content (AvgIpc) is 3.58. The molecule has 3 aromatic rings. The number of benzene rings is 1. The van der Waals surface area contributed by atoms with Crippen LogP contribution in [0.25, 0.3) is 10.9 Å². The van der Waals surface area contributed by atoms with Gasteiger partial charge in [0.25, 0.3) is 0 Å². The highest BCUT2D eigenvalue weighted by molar-refractivity contribution is 5.93. The summed E-state index contributed by atoms with van der Waals surface area (Å²) in [4.78, 5) is 26.8. The number of likely N-dealkylation sites (tertiary alicyclic amines) is 1. The molecule has 3 aliphatic heterocycles. The van der Waals surface area contributed by atoms with E-state index in [0.29, 0.717) is 62.7 Å². The van der Waals surface area contributed by atoms with Crippen molar-refractivity contribution in [3.63, 3.8) is 0 Å². The van der Waals surface area contributed by atoms with Gasteiger partial charge in [-0.05, 0) is 76.2 Å². The molecule has 5 heterocycles. The molecule has 2 aromatic heterocycles. The van der Waals surface area contributed by atoms with Crippen LogP contribution in [0.4, 0.5) is 11.4 Å². The molecule has 1 aromatic carbocycles. The fourth-order valence-electron chi connectivity index (χ4n) is 6.94. The molecule has 0 unspecified atom stereocenters. The number of rotatable bonds is 7. The van der Waals surface area contributed by atoms with Crippen LogP contribution in [0, 0.1) is 24.2 Å². The summed E-state index contributed by atoms with van der Waals surface area (Å²) in [5.74, 6) is 1.11. The summed E-state index contributed by atoms with van der Waals surface area (Å²) in [5.41, 5.74) is 6.94. The maximum Gasteiger partial charge on any atom is 0.246 e. The minimum Gasteiger partial charge on any atom is -0.475 e. The van der Waals surface area contributed by atoms with Gasteiger partial charge in [0, 0.05) is 49.7 Å². The molecular weight excluding hydrogens is 540 g/mol. The van der Waals surface area contributed by atoms with Crippen molar-refractivity contribution in [2.75, 3.05) is 62.7 Å². The van der Waals surface area contributed by atoms with Crippen LogP contribution in [0.2, 0.25) is 0 Å². The molecule has 0 bridgehead atoms. The lowest BCUT2D eigenvalue weighted by Crippen LogP contribution is -2.49. The minimum absolute atomic E-state index is 0.0907. The molecule has 1 saturated carbocycles. The maximum atomic E-state index is 12.8. The molecule has 0 spiro atoms. The fourth-order valence-corrected chi connectivity index (χ4v) is 6.94.